The van der Waals surface area contributed by atoms with Gasteiger partial charge in [-0.05, 0) is 82.3 Å². The number of hydrogen-bond acceptors (Lipinski definition) is 0. The molecule has 0 saturated heterocycles. The average molecular weight is 665 g/mol. The quantitative estimate of drug-likeness (QED) is 0.157. The van der Waals surface area contributed by atoms with Crippen LogP contribution in [0.1, 0.15) is 27.9 Å². The highest BCUT2D eigenvalue weighted by molar-refractivity contribution is 6.19. The summed E-state index contributed by atoms with van der Waals surface area (Å²) >= 11 is 0. The van der Waals surface area contributed by atoms with Gasteiger partial charge in [0.05, 0.1) is 22.0 Å². The molecule has 0 bridgehead atoms. The van der Waals surface area contributed by atoms with Crippen LogP contribution in [0.3, 0.4) is 0 Å². The highest BCUT2D eigenvalue weighted by Gasteiger charge is 2.45. The van der Waals surface area contributed by atoms with E-state index in [1.165, 1.54) is 66.1 Å². The Hall–Kier alpha value is -6.64. The molecule has 0 N–H and O–H groups in total. The van der Waals surface area contributed by atoms with Gasteiger partial charge in [0.2, 0.25) is 0 Å². The maximum Gasteiger partial charge on any atom is 0.0788 e. The maximum absolute atomic E-state index is 4.92. The van der Waals surface area contributed by atoms with E-state index in [0.29, 0.717) is 0 Å². The van der Waals surface area contributed by atoms with Crippen molar-refractivity contribution in [2.24, 2.45) is 0 Å². The predicted molar refractivity (Wildman–Crippen MR) is 219 cm³/mol. The Bertz CT molecular complexity index is 2810. The summed E-state index contributed by atoms with van der Waals surface area (Å²) < 4.78 is 4.90. The second-order valence-corrected chi connectivity index (χ2v) is 13.8. The van der Waals surface area contributed by atoms with Crippen LogP contribution < -0.4 is 0 Å². The molecule has 10 rings (SSSR count). The van der Waals surface area contributed by atoms with Crippen LogP contribution >= 0.6 is 0 Å². The number of aromatic nitrogens is 2. The fraction of sp³-hybridized carbons (Fsp3) is 0.0400. The fourth-order valence-corrected chi connectivity index (χ4v) is 8.96. The first-order valence-corrected chi connectivity index (χ1v) is 18.0. The standard InChI is InChI=1S/C50H36N2/c1-34(50(36-18-6-3-7-19-36)44-27-15-12-24-40(44)41-25-13-16-28-45(41)50)30-33-46-35(2)39-31-32-43-42-26-14-17-29-47(42)52(38-22-10-5-11-23-38)49(43)48(39)51(46)37-20-8-4-9-21-37/h3-33H,1H2,2H3/b33-30-. The smallest absolute Gasteiger partial charge is 0.0788 e. The van der Waals surface area contributed by atoms with Gasteiger partial charge in [0, 0.05) is 33.2 Å². The molecule has 0 aliphatic heterocycles. The number of hydrogen-bond donors (Lipinski definition) is 0. The minimum atomic E-state index is -0.532. The van der Waals surface area contributed by atoms with Crippen LogP contribution in [0.25, 0.3) is 61.3 Å². The first kappa shape index (κ1) is 30.2. The first-order chi connectivity index (χ1) is 25.7. The van der Waals surface area contributed by atoms with E-state index in [1.807, 2.05) is 0 Å². The number of aryl methyl sites for hydroxylation is 1. The summed E-state index contributed by atoms with van der Waals surface area (Å²) in [5.74, 6) is 0. The largest absolute Gasteiger partial charge is 0.308 e. The van der Waals surface area contributed by atoms with E-state index >= 15 is 0 Å². The molecule has 0 amide bonds. The molecule has 2 aromatic heterocycles. The van der Waals surface area contributed by atoms with Gasteiger partial charge in [-0.1, -0.05) is 158 Å². The average Bonchev–Trinajstić information content (AvgIpc) is 3.82. The van der Waals surface area contributed by atoms with Gasteiger partial charge >= 0.3 is 0 Å². The number of fused-ring (bicyclic) bond motifs is 8. The number of para-hydroxylation sites is 3. The first-order valence-electron chi connectivity index (χ1n) is 18.0. The Kier molecular flexibility index (Phi) is 6.81. The molecule has 2 heteroatoms. The minimum Gasteiger partial charge on any atom is -0.308 e. The SMILES string of the molecule is C=C(/C=C\c1c(C)c2ccc3c4ccccc4n(-c4ccccc4)c3c2n1-c1ccccc1)C1(c2ccccc2)c2ccccc2-c2ccccc21. The molecule has 9 aromatic rings. The van der Waals surface area contributed by atoms with Crippen molar-refractivity contribution in [3.05, 3.63) is 222 Å². The van der Waals surface area contributed by atoms with Crippen LogP contribution in [-0.2, 0) is 5.41 Å². The molecule has 1 aliphatic rings. The number of rotatable bonds is 6. The summed E-state index contributed by atoms with van der Waals surface area (Å²) in [6.07, 6.45) is 4.58. The Morgan fingerprint density at radius 1 is 0.500 bits per heavy atom. The van der Waals surface area contributed by atoms with Crippen LogP contribution in [0, 0.1) is 6.92 Å². The zero-order valence-corrected chi connectivity index (χ0v) is 29.0. The van der Waals surface area contributed by atoms with Gasteiger partial charge < -0.3 is 9.13 Å². The third-order valence-electron chi connectivity index (χ3n) is 11.2. The van der Waals surface area contributed by atoms with E-state index in [0.717, 1.165) is 22.6 Å². The lowest BCUT2D eigenvalue weighted by Crippen LogP contribution is -2.28. The molecule has 0 unspecified atom stereocenters. The topological polar surface area (TPSA) is 9.86 Å². The second-order valence-electron chi connectivity index (χ2n) is 13.8. The molecule has 1 aliphatic carbocycles. The lowest BCUT2D eigenvalue weighted by Gasteiger charge is -2.34. The van der Waals surface area contributed by atoms with Gasteiger partial charge in [-0.3, -0.25) is 0 Å². The van der Waals surface area contributed by atoms with E-state index in [1.54, 1.807) is 0 Å². The highest BCUT2D eigenvalue weighted by atomic mass is 15.0. The number of allylic oxidation sites excluding steroid dienone is 2. The zero-order chi connectivity index (χ0) is 34.8. The van der Waals surface area contributed by atoms with Crippen molar-refractivity contribution in [1.29, 1.82) is 0 Å². The molecule has 0 saturated carbocycles. The Balaban J connectivity index is 1.27. The van der Waals surface area contributed by atoms with E-state index < -0.39 is 5.41 Å². The number of benzene rings is 7. The zero-order valence-electron chi connectivity index (χ0n) is 29.0. The van der Waals surface area contributed by atoms with E-state index in [9.17, 15) is 0 Å². The molecular weight excluding hydrogens is 629 g/mol. The van der Waals surface area contributed by atoms with Crippen LogP contribution in [0.15, 0.2) is 194 Å². The van der Waals surface area contributed by atoms with Crippen LogP contribution in [-0.4, -0.2) is 9.13 Å². The molecule has 246 valence electrons. The van der Waals surface area contributed by atoms with Crippen LogP contribution in [0.5, 0.6) is 0 Å². The number of nitrogens with zero attached hydrogens (tertiary/aromatic N) is 2. The van der Waals surface area contributed by atoms with Crippen molar-refractivity contribution < 1.29 is 0 Å². The third-order valence-corrected chi connectivity index (χ3v) is 11.2. The van der Waals surface area contributed by atoms with Gasteiger partial charge in [0.25, 0.3) is 0 Å². The monoisotopic (exact) mass is 664 g/mol. The summed E-state index contributed by atoms with van der Waals surface area (Å²) in [5.41, 5.74) is 15.0. The summed E-state index contributed by atoms with van der Waals surface area (Å²) in [7, 11) is 0. The van der Waals surface area contributed by atoms with Crippen LogP contribution in [0.4, 0.5) is 0 Å². The Morgan fingerprint density at radius 2 is 1.00 bits per heavy atom. The summed E-state index contributed by atoms with van der Waals surface area (Å²) in [6, 6.07) is 63.5. The lowest BCUT2D eigenvalue weighted by atomic mass is 9.67. The summed E-state index contributed by atoms with van der Waals surface area (Å²) in [4.78, 5) is 0. The molecule has 2 nitrogen and oxygen atoms in total. The predicted octanol–water partition coefficient (Wildman–Crippen LogP) is 12.6. The highest BCUT2D eigenvalue weighted by Crippen LogP contribution is 2.56. The van der Waals surface area contributed by atoms with Gasteiger partial charge in [-0.15, -0.1) is 0 Å². The molecule has 0 atom stereocenters. The van der Waals surface area contributed by atoms with E-state index in [-0.39, 0.29) is 0 Å². The molecular formula is C50H36N2. The van der Waals surface area contributed by atoms with Gasteiger partial charge in [0.1, 0.15) is 0 Å². The van der Waals surface area contributed by atoms with Crippen molar-refractivity contribution in [2.45, 2.75) is 12.3 Å². The molecule has 0 radical (unpaired) electrons. The van der Waals surface area contributed by atoms with Crippen LogP contribution in [0.2, 0.25) is 0 Å². The molecule has 2 heterocycles. The Labute approximate surface area is 303 Å². The van der Waals surface area contributed by atoms with Gasteiger partial charge in [-0.25, -0.2) is 0 Å². The van der Waals surface area contributed by atoms with Crippen molar-refractivity contribution in [1.82, 2.24) is 9.13 Å². The molecule has 7 aromatic carbocycles. The van der Waals surface area contributed by atoms with E-state index in [2.05, 4.69) is 204 Å². The minimum absolute atomic E-state index is 0.532. The van der Waals surface area contributed by atoms with Gasteiger partial charge in [-0.2, -0.15) is 0 Å². The molecule has 52 heavy (non-hydrogen) atoms. The van der Waals surface area contributed by atoms with Crippen molar-refractivity contribution in [3.8, 4) is 22.5 Å². The third kappa shape index (κ3) is 4.18. The Morgan fingerprint density at radius 3 is 1.65 bits per heavy atom. The normalized spacial score (nSPS) is 13.2. The maximum atomic E-state index is 4.92. The molecule has 0 fully saturated rings. The van der Waals surface area contributed by atoms with Crippen molar-refractivity contribution in [2.75, 3.05) is 0 Å². The summed E-state index contributed by atoms with van der Waals surface area (Å²) in [5, 5.41) is 3.72. The van der Waals surface area contributed by atoms with Crippen molar-refractivity contribution >= 4 is 38.8 Å². The lowest BCUT2D eigenvalue weighted by molar-refractivity contribution is 0.771. The molecule has 0 spiro atoms. The van der Waals surface area contributed by atoms with E-state index in [4.69, 9.17) is 6.58 Å². The summed E-state index contributed by atoms with van der Waals surface area (Å²) in [6.45, 7) is 7.18. The fourth-order valence-electron chi connectivity index (χ4n) is 8.96. The van der Waals surface area contributed by atoms with Crippen molar-refractivity contribution in [3.63, 3.8) is 0 Å². The second kappa shape index (κ2) is 11.7. The van der Waals surface area contributed by atoms with Gasteiger partial charge in [0.15, 0.2) is 0 Å².